The fraction of sp³-hybridized carbons (Fsp3) is 0.391. The third-order valence-corrected chi connectivity index (χ3v) is 4.41. The van der Waals surface area contributed by atoms with Crippen molar-refractivity contribution in [1.29, 1.82) is 0 Å². The summed E-state index contributed by atoms with van der Waals surface area (Å²) in [6, 6.07) is 16.1. The van der Waals surface area contributed by atoms with Crippen molar-refractivity contribution in [3.05, 3.63) is 65.2 Å². The van der Waals surface area contributed by atoms with Gasteiger partial charge in [-0.3, -0.25) is 9.79 Å². The van der Waals surface area contributed by atoms with Crippen LogP contribution in [0.3, 0.4) is 0 Å². The second-order valence-corrected chi connectivity index (χ2v) is 6.77. The van der Waals surface area contributed by atoms with E-state index in [0.717, 1.165) is 42.3 Å². The van der Waals surface area contributed by atoms with E-state index in [1.807, 2.05) is 49.4 Å². The molecule has 29 heavy (non-hydrogen) atoms. The number of guanidine groups is 1. The zero-order chi connectivity index (χ0) is 20.9. The fourth-order valence-corrected chi connectivity index (χ4v) is 2.91. The van der Waals surface area contributed by atoms with Crippen molar-refractivity contribution in [2.75, 3.05) is 26.7 Å². The van der Waals surface area contributed by atoms with Crippen LogP contribution in [0.5, 0.6) is 5.75 Å². The number of hydrogen-bond acceptors (Lipinski definition) is 3. The maximum atomic E-state index is 12.0. The molecule has 0 aliphatic rings. The van der Waals surface area contributed by atoms with Crippen molar-refractivity contribution in [1.82, 2.24) is 16.0 Å². The molecule has 0 saturated carbocycles. The molecule has 0 heterocycles. The predicted octanol–water partition coefficient (Wildman–Crippen LogP) is 2.81. The number of benzene rings is 2. The summed E-state index contributed by atoms with van der Waals surface area (Å²) >= 11 is 0. The van der Waals surface area contributed by atoms with Gasteiger partial charge in [0.15, 0.2) is 5.96 Å². The number of hydrogen-bond donors (Lipinski definition) is 3. The Morgan fingerprint density at radius 1 is 1.07 bits per heavy atom. The number of aliphatic imine (C=N–C) groups is 1. The third kappa shape index (κ3) is 8.25. The number of carbonyl (C=O) groups is 1. The van der Waals surface area contributed by atoms with Crippen LogP contribution in [0.15, 0.2) is 53.5 Å². The highest BCUT2D eigenvalue weighted by atomic mass is 16.5. The summed E-state index contributed by atoms with van der Waals surface area (Å²) in [4.78, 5) is 16.5. The number of ether oxygens (including phenoxy) is 1. The molecule has 0 atom stereocenters. The molecule has 0 aliphatic carbocycles. The zero-order valence-electron chi connectivity index (χ0n) is 17.6. The molecule has 6 heteroatoms. The van der Waals surface area contributed by atoms with Gasteiger partial charge in [0.25, 0.3) is 0 Å². The lowest BCUT2D eigenvalue weighted by molar-refractivity contribution is -0.121. The van der Waals surface area contributed by atoms with Crippen LogP contribution < -0.4 is 20.7 Å². The second-order valence-electron chi connectivity index (χ2n) is 6.77. The minimum Gasteiger partial charge on any atom is -0.496 e. The van der Waals surface area contributed by atoms with Gasteiger partial charge in [-0.05, 0) is 37.5 Å². The van der Waals surface area contributed by atoms with Gasteiger partial charge in [0.2, 0.25) is 5.91 Å². The molecule has 2 rings (SSSR count). The summed E-state index contributed by atoms with van der Waals surface area (Å²) in [7, 11) is 1.69. The van der Waals surface area contributed by atoms with E-state index >= 15 is 0 Å². The average Bonchev–Trinajstić information content (AvgIpc) is 2.73. The van der Waals surface area contributed by atoms with E-state index in [1.165, 1.54) is 5.56 Å². The van der Waals surface area contributed by atoms with Gasteiger partial charge in [-0.2, -0.15) is 0 Å². The molecule has 3 N–H and O–H groups in total. The van der Waals surface area contributed by atoms with Crippen LogP contribution >= 0.6 is 0 Å². The first-order valence-corrected chi connectivity index (χ1v) is 10.1. The standard InChI is InChI=1S/C23H32N4O2/c1-4-24-23(25-14-12-20-16-18(2)10-11-21(20)29-3)26-15-13-22(28)27-17-19-8-6-5-7-9-19/h5-11,16H,4,12-15,17H2,1-3H3,(H,27,28)(H2,24,25,26). The highest BCUT2D eigenvalue weighted by Crippen LogP contribution is 2.19. The molecule has 2 aromatic carbocycles. The Morgan fingerprint density at radius 2 is 1.86 bits per heavy atom. The number of nitrogens with one attached hydrogen (secondary N) is 3. The molecule has 0 spiro atoms. The van der Waals surface area contributed by atoms with Crippen molar-refractivity contribution in [3.63, 3.8) is 0 Å². The minimum absolute atomic E-state index is 0.00190. The third-order valence-electron chi connectivity index (χ3n) is 4.41. The molecule has 0 aromatic heterocycles. The minimum atomic E-state index is -0.00190. The number of nitrogens with zero attached hydrogens (tertiary/aromatic N) is 1. The molecule has 0 radical (unpaired) electrons. The van der Waals surface area contributed by atoms with Gasteiger partial charge in [-0.1, -0.05) is 48.0 Å². The number of carbonyl (C=O) groups excluding carboxylic acids is 1. The van der Waals surface area contributed by atoms with Crippen molar-refractivity contribution in [2.24, 2.45) is 4.99 Å². The van der Waals surface area contributed by atoms with E-state index in [2.05, 4.69) is 33.9 Å². The molecular formula is C23H32N4O2. The van der Waals surface area contributed by atoms with Crippen molar-refractivity contribution in [3.8, 4) is 5.75 Å². The van der Waals surface area contributed by atoms with Gasteiger partial charge >= 0.3 is 0 Å². The molecule has 1 amide bonds. The molecule has 0 unspecified atom stereocenters. The lowest BCUT2D eigenvalue weighted by Gasteiger charge is -2.13. The number of methoxy groups -OCH3 is 1. The largest absolute Gasteiger partial charge is 0.496 e. The van der Waals surface area contributed by atoms with E-state index in [0.29, 0.717) is 19.5 Å². The van der Waals surface area contributed by atoms with E-state index in [9.17, 15) is 4.79 Å². The summed E-state index contributed by atoms with van der Waals surface area (Å²) in [6.07, 6.45) is 1.18. The van der Waals surface area contributed by atoms with Gasteiger partial charge < -0.3 is 20.7 Å². The Kier molecular flexibility index (Phi) is 9.55. The Balaban J connectivity index is 1.77. The average molecular weight is 397 g/mol. The summed E-state index contributed by atoms with van der Waals surface area (Å²) in [5, 5.41) is 9.46. The Morgan fingerprint density at radius 3 is 2.59 bits per heavy atom. The molecular weight excluding hydrogens is 364 g/mol. The summed E-state index contributed by atoms with van der Waals surface area (Å²) in [5.74, 6) is 1.61. The lowest BCUT2D eigenvalue weighted by Crippen LogP contribution is -2.38. The van der Waals surface area contributed by atoms with Crippen molar-refractivity contribution < 1.29 is 9.53 Å². The Hall–Kier alpha value is -3.02. The summed E-state index contributed by atoms with van der Waals surface area (Å²) in [5.41, 5.74) is 3.46. The number of rotatable bonds is 10. The number of aryl methyl sites for hydroxylation is 1. The first kappa shape index (κ1) is 22.3. The highest BCUT2D eigenvalue weighted by molar-refractivity contribution is 5.80. The van der Waals surface area contributed by atoms with Crippen molar-refractivity contribution in [2.45, 2.75) is 33.2 Å². The second kappa shape index (κ2) is 12.4. The monoisotopic (exact) mass is 396 g/mol. The highest BCUT2D eigenvalue weighted by Gasteiger charge is 2.05. The normalized spacial score (nSPS) is 11.1. The van der Waals surface area contributed by atoms with Gasteiger partial charge in [-0.15, -0.1) is 0 Å². The van der Waals surface area contributed by atoms with Crippen LogP contribution in [-0.4, -0.2) is 38.6 Å². The fourth-order valence-electron chi connectivity index (χ4n) is 2.91. The molecule has 6 nitrogen and oxygen atoms in total. The van der Waals surface area contributed by atoms with Crippen LogP contribution in [0.1, 0.15) is 30.0 Å². The van der Waals surface area contributed by atoms with Gasteiger partial charge in [0.1, 0.15) is 5.75 Å². The molecule has 0 bridgehead atoms. The molecule has 0 saturated heterocycles. The van der Waals surface area contributed by atoms with Crippen LogP contribution in [0, 0.1) is 6.92 Å². The Bertz CT molecular complexity index is 791. The van der Waals surface area contributed by atoms with Crippen molar-refractivity contribution >= 4 is 11.9 Å². The first-order chi connectivity index (χ1) is 14.1. The lowest BCUT2D eigenvalue weighted by atomic mass is 10.1. The summed E-state index contributed by atoms with van der Waals surface area (Å²) in [6.45, 7) is 6.56. The quantitative estimate of drug-likeness (QED) is 0.426. The van der Waals surface area contributed by atoms with Crippen LogP contribution in [-0.2, 0) is 17.8 Å². The molecule has 2 aromatic rings. The van der Waals surface area contributed by atoms with Crippen LogP contribution in [0.4, 0.5) is 0 Å². The SMILES string of the molecule is CCNC(=NCCC(=O)NCc1ccccc1)NCCc1cc(C)ccc1OC. The maximum absolute atomic E-state index is 12.0. The number of amides is 1. The predicted molar refractivity (Wildman–Crippen MR) is 118 cm³/mol. The molecule has 0 aliphatic heterocycles. The first-order valence-electron chi connectivity index (χ1n) is 10.1. The van der Waals surface area contributed by atoms with E-state index < -0.39 is 0 Å². The zero-order valence-corrected chi connectivity index (χ0v) is 17.6. The molecule has 0 fully saturated rings. The van der Waals surface area contributed by atoms with E-state index in [-0.39, 0.29) is 5.91 Å². The maximum Gasteiger partial charge on any atom is 0.222 e. The van der Waals surface area contributed by atoms with E-state index in [4.69, 9.17) is 4.74 Å². The van der Waals surface area contributed by atoms with Gasteiger partial charge in [-0.25, -0.2) is 0 Å². The smallest absolute Gasteiger partial charge is 0.222 e. The summed E-state index contributed by atoms with van der Waals surface area (Å²) < 4.78 is 5.43. The van der Waals surface area contributed by atoms with Gasteiger partial charge in [0.05, 0.1) is 13.7 Å². The Labute approximate surface area is 173 Å². The van der Waals surface area contributed by atoms with E-state index in [1.54, 1.807) is 7.11 Å². The molecule has 156 valence electrons. The van der Waals surface area contributed by atoms with Crippen LogP contribution in [0.25, 0.3) is 0 Å². The van der Waals surface area contributed by atoms with Crippen LogP contribution in [0.2, 0.25) is 0 Å². The van der Waals surface area contributed by atoms with Gasteiger partial charge in [0, 0.05) is 26.1 Å². The topological polar surface area (TPSA) is 74.8 Å².